The number of aliphatic carboxylic acids is 1. The number of aromatic hydroxyl groups is 1. The quantitative estimate of drug-likeness (QED) is 0.0399. The first kappa shape index (κ1) is 41.5. The molecule has 0 heterocycles. The summed E-state index contributed by atoms with van der Waals surface area (Å²) in [6.07, 6.45) is 0.694. The van der Waals surface area contributed by atoms with Gasteiger partial charge in [-0.15, -0.1) is 0 Å². The summed E-state index contributed by atoms with van der Waals surface area (Å²) in [7, 11) is 0. The van der Waals surface area contributed by atoms with Crippen molar-refractivity contribution in [3.8, 4) is 5.75 Å². The van der Waals surface area contributed by atoms with Crippen molar-refractivity contribution in [2.45, 2.75) is 70.1 Å². The third-order valence-electron chi connectivity index (χ3n) is 7.43. The molecule has 278 valence electrons. The van der Waals surface area contributed by atoms with E-state index in [1.807, 2.05) is 13.8 Å². The molecule has 5 amide bonds. The van der Waals surface area contributed by atoms with Gasteiger partial charge >= 0.3 is 5.97 Å². The molecule has 0 radical (unpaired) electrons. The first-order valence-electron chi connectivity index (χ1n) is 16.4. The molecule has 17 heteroatoms. The highest BCUT2D eigenvalue weighted by Crippen LogP contribution is 2.11. The van der Waals surface area contributed by atoms with E-state index in [1.165, 1.54) is 12.1 Å². The Kier molecular flexibility index (Phi) is 17.4. The van der Waals surface area contributed by atoms with Crippen LogP contribution in [0.1, 0.15) is 44.2 Å². The zero-order valence-electron chi connectivity index (χ0n) is 28.8. The van der Waals surface area contributed by atoms with Crippen LogP contribution in [0.15, 0.2) is 59.6 Å². The molecule has 2 rings (SSSR count). The number of carbonyl (C=O) groups excluding carboxylic acids is 5. The van der Waals surface area contributed by atoms with Crippen LogP contribution in [0.2, 0.25) is 0 Å². The smallest absolute Gasteiger partial charge is 0.326 e. The van der Waals surface area contributed by atoms with Crippen LogP contribution in [0.25, 0.3) is 0 Å². The molecule has 0 saturated carbocycles. The lowest BCUT2D eigenvalue weighted by Gasteiger charge is -2.25. The highest BCUT2D eigenvalue weighted by molar-refractivity contribution is 5.94. The lowest BCUT2D eigenvalue weighted by molar-refractivity contribution is -0.142. The number of amides is 5. The molecule has 4 atom stereocenters. The van der Waals surface area contributed by atoms with Crippen LogP contribution in [0.5, 0.6) is 5.75 Å². The monoisotopic (exact) mass is 711 g/mol. The van der Waals surface area contributed by atoms with E-state index in [0.717, 1.165) is 0 Å². The number of rotatable bonds is 21. The number of nitrogens with two attached hydrogens (primary N) is 3. The van der Waals surface area contributed by atoms with Crippen molar-refractivity contribution in [1.29, 1.82) is 0 Å². The SMILES string of the molecule is CC(C)C[C@H](NC(=O)[C@H](Cc1ccccc1)NC(=O)CNC(=O)CNC(=O)[C@@H](N)Cc1ccc(O)cc1)C(=O)N[C@H](CCCN=C(N)N)C(=O)O. The summed E-state index contributed by atoms with van der Waals surface area (Å²) < 4.78 is 0. The number of carbonyl (C=O) groups is 6. The van der Waals surface area contributed by atoms with Gasteiger partial charge in [-0.2, -0.15) is 0 Å². The third kappa shape index (κ3) is 16.5. The van der Waals surface area contributed by atoms with E-state index in [0.29, 0.717) is 11.1 Å². The first-order valence-corrected chi connectivity index (χ1v) is 16.4. The van der Waals surface area contributed by atoms with Gasteiger partial charge in [0.25, 0.3) is 0 Å². The van der Waals surface area contributed by atoms with Gasteiger partial charge < -0.3 is 54.0 Å². The van der Waals surface area contributed by atoms with Crippen molar-refractivity contribution in [1.82, 2.24) is 26.6 Å². The Morgan fingerprint density at radius 2 is 1.31 bits per heavy atom. The van der Waals surface area contributed by atoms with E-state index in [1.54, 1.807) is 42.5 Å². The second-order valence-electron chi connectivity index (χ2n) is 12.3. The summed E-state index contributed by atoms with van der Waals surface area (Å²) in [6.45, 7) is 2.84. The Balaban J connectivity index is 2.02. The van der Waals surface area contributed by atoms with Crippen LogP contribution in [-0.4, -0.2) is 95.5 Å². The first-order chi connectivity index (χ1) is 24.1. The topological polar surface area (TPSA) is 293 Å². The maximum absolute atomic E-state index is 13.6. The van der Waals surface area contributed by atoms with E-state index in [2.05, 4.69) is 31.6 Å². The number of carboxylic acid groups (broad SMARTS) is 1. The van der Waals surface area contributed by atoms with Crippen molar-refractivity contribution < 1.29 is 39.0 Å². The number of aliphatic imine (C=N–C) groups is 1. The minimum absolute atomic E-state index is 0.0366. The summed E-state index contributed by atoms with van der Waals surface area (Å²) in [5, 5.41) is 31.6. The van der Waals surface area contributed by atoms with Crippen LogP contribution in [0, 0.1) is 5.92 Å². The number of hydrogen-bond acceptors (Lipinski definition) is 9. The van der Waals surface area contributed by atoms with Gasteiger partial charge in [0, 0.05) is 13.0 Å². The number of hydrogen-bond donors (Lipinski definition) is 10. The summed E-state index contributed by atoms with van der Waals surface area (Å²) in [4.78, 5) is 80.2. The minimum Gasteiger partial charge on any atom is -0.508 e. The van der Waals surface area contributed by atoms with Crippen molar-refractivity contribution in [3.63, 3.8) is 0 Å². The van der Waals surface area contributed by atoms with Crippen LogP contribution in [0.4, 0.5) is 0 Å². The summed E-state index contributed by atoms with van der Waals surface area (Å²) in [5.74, 6) is -4.82. The predicted molar refractivity (Wildman–Crippen MR) is 189 cm³/mol. The van der Waals surface area contributed by atoms with Gasteiger partial charge in [-0.1, -0.05) is 56.3 Å². The molecule has 2 aromatic rings. The predicted octanol–water partition coefficient (Wildman–Crippen LogP) is -1.62. The van der Waals surface area contributed by atoms with Crippen molar-refractivity contribution >= 4 is 41.5 Å². The third-order valence-corrected chi connectivity index (χ3v) is 7.43. The lowest BCUT2D eigenvalue weighted by Crippen LogP contribution is -2.57. The van der Waals surface area contributed by atoms with E-state index in [9.17, 15) is 39.0 Å². The highest BCUT2D eigenvalue weighted by atomic mass is 16.4. The Hall–Kier alpha value is -5.71. The van der Waals surface area contributed by atoms with Gasteiger partial charge in [0.2, 0.25) is 29.5 Å². The second-order valence-corrected chi connectivity index (χ2v) is 12.3. The molecule has 0 bridgehead atoms. The zero-order chi connectivity index (χ0) is 37.9. The van der Waals surface area contributed by atoms with Crippen molar-refractivity contribution in [3.05, 3.63) is 65.7 Å². The molecule has 0 aliphatic rings. The van der Waals surface area contributed by atoms with Gasteiger partial charge in [0.1, 0.15) is 23.9 Å². The van der Waals surface area contributed by atoms with Crippen LogP contribution in [0.3, 0.4) is 0 Å². The van der Waals surface area contributed by atoms with Gasteiger partial charge in [0.15, 0.2) is 5.96 Å². The summed E-state index contributed by atoms with van der Waals surface area (Å²) >= 11 is 0. The van der Waals surface area contributed by atoms with Gasteiger partial charge in [-0.05, 0) is 54.9 Å². The van der Waals surface area contributed by atoms with E-state index >= 15 is 0 Å². The molecule has 0 aromatic heterocycles. The zero-order valence-corrected chi connectivity index (χ0v) is 28.8. The Labute approximate surface area is 296 Å². The van der Waals surface area contributed by atoms with E-state index in [-0.39, 0.29) is 56.3 Å². The number of benzene rings is 2. The average Bonchev–Trinajstić information content (AvgIpc) is 3.07. The summed E-state index contributed by atoms with van der Waals surface area (Å²) in [6, 6.07) is 10.4. The fourth-order valence-electron chi connectivity index (χ4n) is 4.83. The van der Waals surface area contributed by atoms with E-state index < -0.39 is 72.8 Å². The van der Waals surface area contributed by atoms with Crippen LogP contribution in [-0.2, 0) is 41.6 Å². The van der Waals surface area contributed by atoms with Crippen molar-refractivity contribution in [2.75, 3.05) is 19.6 Å². The van der Waals surface area contributed by atoms with Crippen molar-refractivity contribution in [2.24, 2.45) is 28.1 Å². The Morgan fingerprint density at radius 3 is 1.92 bits per heavy atom. The maximum Gasteiger partial charge on any atom is 0.326 e. The Morgan fingerprint density at radius 1 is 0.725 bits per heavy atom. The molecular formula is C34H49N9O8. The van der Waals surface area contributed by atoms with Gasteiger partial charge in [-0.25, -0.2) is 4.79 Å². The number of phenolic OH excluding ortho intramolecular Hbond substituents is 1. The van der Waals surface area contributed by atoms with Crippen LogP contribution >= 0.6 is 0 Å². The van der Waals surface area contributed by atoms with Gasteiger partial charge in [0.05, 0.1) is 19.1 Å². The largest absolute Gasteiger partial charge is 0.508 e. The number of nitrogens with zero attached hydrogens (tertiary/aromatic N) is 1. The molecule has 0 fully saturated rings. The average molecular weight is 712 g/mol. The fourth-order valence-corrected chi connectivity index (χ4v) is 4.83. The number of guanidine groups is 1. The fraction of sp³-hybridized carbons (Fsp3) is 0.441. The standard InChI is InChI=1S/C34H49N9O8/c1-20(2)15-26(31(48)42-25(33(50)51)9-6-14-38-34(36)37)43-32(49)27(17-21-7-4-3-5-8-21)41-29(46)19-39-28(45)18-40-30(47)24(35)16-22-10-12-23(44)13-11-22/h3-5,7-8,10-13,20,24-27,44H,6,9,14-19,35H2,1-2H3,(H,39,45)(H,40,47)(H,41,46)(H,42,48)(H,43,49)(H,50,51)(H4,36,37,38)/t24-,25+,26-,27-/m0/s1. The summed E-state index contributed by atoms with van der Waals surface area (Å²) in [5.41, 5.74) is 17.9. The minimum atomic E-state index is -1.27. The molecular weight excluding hydrogens is 662 g/mol. The molecule has 13 N–H and O–H groups in total. The second kappa shape index (κ2) is 21.4. The van der Waals surface area contributed by atoms with Crippen LogP contribution < -0.4 is 43.8 Å². The molecule has 0 aliphatic carbocycles. The molecule has 51 heavy (non-hydrogen) atoms. The molecule has 2 aromatic carbocycles. The maximum atomic E-state index is 13.6. The molecule has 0 aliphatic heterocycles. The number of phenols is 1. The highest BCUT2D eigenvalue weighted by Gasteiger charge is 2.30. The molecule has 0 saturated heterocycles. The number of nitrogens with one attached hydrogen (secondary N) is 5. The Bertz CT molecular complexity index is 1500. The lowest BCUT2D eigenvalue weighted by atomic mass is 10.0. The molecule has 0 unspecified atom stereocenters. The number of carboxylic acids is 1. The normalized spacial score (nSPS) is 13.1. The molecule has 17 nitrogen and oxygen atoms in total. The molecule has 0 spiro atoms. The van der Waals surface area contributed by atoms with E-state index in [4.69, 9.17) is 17.2 Å². The van der Waals surface area contributed by atoms with Gasteiger partial charge in [-0.3, -0.25) is 29.0 Å².